The zero-order chi connectivity index (χ0) is 9.83. The van der Waals surface area contributed by atoms with Crippen molar-refractivity contribution in [1.29, 1.82) is 0 Å². The molecule has 0 aliphatic heterocycles. The standard InChI is InChI=1S/C6H15NO4S/c1-2-6(5-8,3-4-7)12(9,10)11/h8H,2-5,7H2,1H3,(H,9,10,11). The Bertz CT molecular complexity index is 220. The molecule has 0 rings (SSSR count). The molecule has 0 saturated carbocycles. The highest BCUT2D eigenvalue weighted by Gasteiger charge is 2.39. The Morgan fingerprint density at radius 2 is 2.00 bits per heavy atom. The lowest BCUT2D eigenvalue weighted by Crippen LogP contribution is -2.43. The highest BCUT2D eigenvalue weighted by atomic mass is 32.2. The fraction of sp³-hybridized carbons (Fsp3) is 1.00. The molecule has 1 unspecified atom stereocenters. The summed E-state index contributed by atoms with van der Waals surface area (Å²) in [4.78, 5) is 0. The first-order chi connectivity index (χ1) is 5.43. The summed E-state index contributed by atoms with van der Waals surface area (Å²) in [5.74, 6) is 0. The van der Waals surface area contributed by atoms with Gasteiger partial charge in [0.2, 0.25) is 0 Å². The second kappa shape index (κ2) is 4.18. The Morgan fingerprint density at radius 3 is 2.08 bits per heavy atom. The van der Waals surface area contributed by atoms with Gasteiger partial charge in [0.1, 0.15) is 4.75 Å². The van der Waals surface area contributed by atoms with Gasteiger partial charge < -0.3 is 10.8 Å². The van der Waals surface area contributed by atoms with E-state index in [1.807, 2.05) is 0 Å². The average Bonchev–Trinajstić information content (AvgIpc) is 1.98. The topological polar surface area (TPSA) is 101 Å². The number of aliphatic hydroxyl groups is 1. The Morgan fingerprint density at radius 1 is 1.50 bits per heavy atom. The third-order valence-electron chi connectivity index (χ3n) is 2.08. The van der Waals surface area contributed by atoms with Gasteiger partial charge in [0.05, 0.1) is 6.61 Å². The third-order valence-corrected chi connectivity index (χ3v) is 3.80. The molecule has 74 valence electrons. The zero-order valence-corrected chi connectivity index (χ0v) is 7.84. The summed E-state index contributed by atoms with van der Waals surface area (Å²) in [6.45, 7) is 1.10. The number of aliphatic hydroxyl groups excluding tert-OH is 1. The summed E-state index contributed by atoms with van der Waals surface area (Å²) in [5.41, 5.74) is 5.18. The minimum absolute atomic E-state index is 0.0683. The monoisotopic (exact) mass is 197 g/mol. The average molecular weight is 197 g/mol. The van der Waals surface area contributed by atoms with Gasteiger partial charge in [-0.05, 0) is 19.4 Å². The predicted octanol–water partition coefficient (Wildman–Crippen LogP) is -0.636. The van der Waals surface area contributed by atoms with Crippen LogP contribution in [0.4, 0.5) is 0 Å². The molecule has 0 radical (unpaired) electrons. The van der Waals surface area contributed by atoms with Gasteiger partial charge in [0, 0.05) is 0 Å². The first kappa shape index (κ1) is 11.8. The summed E-state index contributed by atoms with van der Waals surface area (Å²) in [7, 11) is -4.22. The molecule has 0 aliphatic carbocycles. The van der Waals surface area contributed by atoms with E-state index in [-0.39, 0.29) is 19.4 Å². The van der Waals surface area contributed by atoms with E-state index < -0.39 is 21.5 Å². The van der Waals surface area contributed by atoms with Crippen LogP contribution in [0.15, 0.2) is 0 Å². The van der Waals surface area contributed by atoms with Crippen LogP contribution >= 0.6 is 0 Å². The Labute approximate surface area is 72.3 Å². The quantitative estimate of drug-likeness (QED) is 0.509. The van der Waals surface area contributed by atoms with Crippen molar-refractivity contribution in [3.63, 3.8) is 0 Å². The van der Waals surface area contributed by atoms with E-state index in [0.717, 1.165) is 0 Å². The first-order valence-corrected chi connectivity index (χ1v) is 5.15. The number of nitrogens with two attached hydrogens (primary N) is 1. The molecule has 0 aromatic rings. The van der Waals surface area contributed by atoms with Crippen molar-refractivity contribution in [2.75, 3.05) is 13.2 Å². The first-order valence-electron chi connectivity index (χ1n) is 3.71. The molecule has 6 heteroatoms. The van der Waals surface area contributed by atoms with Crippen molar-refractivity contribution in [3.8, 4) is 0 Å². The molecule has 0 heterocycles. The van der Waals surface area contributed by atoms with E-state index in [2.05, 4.69) is 0 Å². The molecule has 0 saturated heterocycles. The molecule has 4 N–H and O–H groups in total. The lowest BCUT2D eigenvalue weighted by atomic mass is 10.0. The van der Waals surface area contributed by atoms with E-state index in [0.29, 0.717) is 0 Å². The molecule has 0 bridgehead atoms. The predicted molar refractivity (Wildman–Crippen MR) is 45.3 cm³/mol. The lowest BCUT2D eigenvalue weighted by molar-refractivity contribution is 0.221. The molecule has 0 spiro atoms. The van der Waals surface area contributed by atoms with Crippen molar-refractivity contribution in [2.45, 2.75) is 24.5 Å². The van der Waals surface area contributed by atoms with Crippen LogP contribution in [0.3, 0.4) is 0 Å². The molecular formula is C6H15NO4S. The van der Waals surface area contributed by atoms with Crippen LogP contribution in [-0.2, 0) is 10.1 Å². The van der Waals surface area contributed by atoms with Gasteiger partial charge in [0.25, 0.3) is 10.1 Å². The van der Waals surface area contributed by atoms with Gasteiger partial charge >= 0.3 is 0 Å². The highest BCUT2D eigenvalue weighted by Crippen LogP contribution is 2.23. The third kappa shape index (κ3) is 2.16. The molecule has 0 aromatic heterocycles. The van der Waals surface area contributed by atoms with Crippen molar-refractivity contribution in [1.82, 2.24) is 0 Å². The lowest BCUT2D eigenvalue weighted by Gasteiger charge is -2.26. The minimum Gasteiger partial charge on any atom is -0.395 e. The van der Waals surface area contributed by atoms with Crippen molar-refractivity contribution < 1.29 is 18.1 Å². The van der Waals surface area contributed by atoms with Gasteiger partial charge in [-0.2, -0.15) is 8.42 Å². The van der Waals surface area contributed by atoms with Gasteiger partial charge in [-0.1, -0.05) is 6.92 Å². The maximum atomic E-state index is 10.8. The van der Waals surface area contributed by atoms with Crippen molar-refractivity contribution >= 4 is 10.1 Å². The van der Waals surface area contributed by atoms with Crippen LogP contribution < -0.4 is 5.73 Å². The van der Waals surface area contributed by atoms with Crippen LogP contribution in [0, 0.1) is 0 Å². The molecule has 0 amide bonds. The minimum atomic E-state index is -4.22. The Hall–Kier alpha value is -0.170. The molecule has 0 aromatic carbocycles. The van der Waals surface area contributed by atoms with Crippen LogP contribution in [0.2, 0.25) is 0 Å². The van der Waals surface area contributed by atoms with E-state index in [1.54, 1.807) is 6.92 Å². The van der Waals surface area contributed by atoms with Crippen LogP contribution in [0.1, 0.15) is 19.8 Å². The van der Waals surface area contributed by atoms with Gasteiger partial charge in [-0.25, -0.2) is 0 Å². The van der Waals surface area contributed by atoms with Gasteiger partial charge in [-0.3, -0.25) is 4.55 Å². The Balaban J connectivity index is 4.83. The summed E-state index contributed by atoms with van der Waals surface area (Å²) in [6, 6.07) is 0. The normalized spacial score (nSPS) is 17.3. The van der Waals surface area contributed by atoms with Gasteiger partial charge in [0.15, 0.2) is 0 Å². The fourth-order valence-corrected chi connectivity index (χ4v) is 1.93. The zero-order valence-electron chi connectivity index (χ0n) is 7.02. The van der Waals surface area contributed by atoms with E-state index >= 15 is 0 Å². The fourth-order valence-electron chi connectivity index (χ4n) is 1.02. The summed E-state index contributed by atoms with van der Waals surface area (Å²) in [6.07, 6.45) is 0.221. The summed E-state index contributed by atoms with van der Waals surface area (Å²) in [5, 5.41) is 8.85. The molecule has 12 heavy (non-hydrogen) atoms. The molecule has 0 aliphatic rings. The number of hydrogen-bond acceptors (Lipinski definition) is 4. The Kier molecular flexibility index (Phi) is 4.12. The van der Waals surface area contributed by atoms with Gasteiger partial charge in [-0.15, -0.1) is 0 Å². The second-order valence-electron chi connectivity index (χ2n) is 2.71. The van der Waals surface area contributed by atoms with E-state index in [4.69, 9.17) is 15.4 Å². The number of rotatable bonds is 5. The van der Waals surface area contributed by atoms with E-state index in [1.165, 1.54) is 0 Å². The van der Waals surface area contributed by atoms with Crippen LogP contribution in [0.25, 0.3) is 0 Å². The van der Waals surface area contributed by atoms with E-state index in [9.17, 15) is 8.42 Å². The SMILES string of the molecule is CCC(CO)(CCN)S(=O)(=O)O. The smallest absolute Gasteiger partial charge is 0.272 e. The maximum Gasteiger partial charge on any atom is 0.272 e. The van der Waals surface area contributed by atoms with Crippen LogP contribution in [-0.4, -0.2) is 36.0 Å². The second-order valence-corrected chi connectivity index (χ2v) is 4.52. The highest BCUT2D eigenvalue weighted by molar-refractivity contribution is 7.87. The summed E-state index contributed by atoms with van der Waals surface area (Å²) < 4.78 is 29.0. The number of hydrogen-bond donors (Lipinski definition) is 3. The summed E-state index contributed by atoms with van der Waals surface area (Å²) >= 11 is 0. The van der Waals surface area contributed by atoms with Crippen LogP contribution in [0.5, 0.6) is 0 Å². The molecule has 0 fully saturated rings. The van der Waals surface area contributed by atoms with Crippen molar-refractivity contribution in [2.24, 2.45) is 5.73 Å². The van der Waals surface area contributed by atoms with Crippen molar-refractivity contribution in [3.05, 3.63) is 0 Å². The molecule has 1 atom stereocenters. The molecule has 5 nitrogen and oxygen atoms in total. The largest absolute Gasteiger partial charge is 0.395 e. The molecular weight excluding hydrogens is 182 g/mol. The maximum absolute atomic E-state index is 10.8.